The smallest absolute Gasteiger partial charge is 0.128 e. The normalized spacial score (nSPS) is 19.0. The summed E-state index contributed by atoms with van der Waals surface area (Å²) < 4.78 is 14.9. The Bertz CT molecular complexity index is 397. The lowest BCUT2D eigenvalue weighted by atomic mass is 9.78. The standard InChI is InChI=1S/C13H17BrFN/c1-9-6-10(12(15)7-11(9)14)13(8-16)4-2-3-5-13/h6-7H,2-5,8,16H2,1H3. The molecule has 0 bridgehead atoms. The monoisotopic (exact) mass is 285 g/mol. The van der Waals surface area contributed by atoms with Crippen LogP contribution in [0.5, 0.6) is 0 Å². The summed E-state index contributed by atoms with van der Waals surface area (Å²) in [5, 5.41) is 0. The third-order valence-corrected chi connectivity index (χ3v) is 4.63. The number of aryl methyl sites for hydroxylation is 1. The molecule has 0 aromatic heterocycles. The molecule has 1 aromatic rings. The highest BCUT2D eigenvalue weighted by molar-refractivity contribution is 9.10. The molecule has 0 heterocycles. The Morgan fingerprint density at radius 3 is 2.56 bits per heavy atom. The molecule has 0 amide bonds. The van der Waals surface area contributed by atoms with E-state index in [0.717, 1.165) is 41.3 Å². The van der Waals surface area contributed by atoms with Crippen LogP contribution >= 0.6 is 15.9 Å². The van der Waals surface area contributed by atoms with Crippen LogP contribution in [0.1, 0.15) is 36.8 Å². The van der Waals surface area contributed by atoms with Crippen LogP contribution in [0.3, 0.4) is 0 Å². The van der Waals surface area contributed by atoms with Gasteiger partial charge in [0.05, 0.1) is 0 Å². The van der Waals surface area contributed by atoms with E-state index in [1.807, 2.05) is 13.0 Å². The lowest BCUT2D eigenvalue weighted by Crippen LogP contribution is -2.33. The van der Waals surface area contributed by atoms with Crippen LogP contribution in [0.25, 0.3) is 0 Å². The third-order valence-electron chi connectivity index (χ3n) is 3.77. The molecular formula is C13H17BrFN. The lowest BCUT2D eigenvalue weighted by molar-refractivity contribution is 0.426. The Balaban J connectivity index is 2.50. The van der Waals surface area contributed by atoms with Gasteiger partial charge in [0.15, 0.2) is 0 Å². The van der Waals surface area contributed by atoms with Gasteiger partial charge >= 0.3 is 0 Å². The molecule has 1 aliphatic rings. The van der Waals surface area contributed by atoms with E-state index in [1.165, 1.54) is 0 Å². The van der Waals surface area contributed by atoms with Crippen molar-refractivity contribution in [1.82, 2.24) is 0 Å². The second-order valence-electron chi connectivity index (χ2n) is 4.77. The molecule has 1 aromatic carbocycles. The summed E-state index contributed by atoms with van der Waals surface area (Å²) >= 11 is 3.36. The predicted molar refractivity (Wildman–Crippen MR) is 68.0 cm³/mol. The van der Waals surface area contributed by atoms with Gasteiger partial charge in [0.1, 0.15) is 5.82 Å². The number of hydrogen-bond acceptors (Lipinski definition) is 1. The van der Waals surface area contributed by atoms with E-state index in [0.29, 0.717) is 6.54 Å². The van der Waals surface area contributed by atoms with E-state index in [9.17, 15) is 4.39 Å². The number of benzene rings is 1. The molecule has 0 saturated heterocycles. The minimum atomic E-state index is -0.121. The van der Waals surface area contributed by atoms with E-state index in [1.54, 1.807) is 6.07 Å². The van der Waals surface area contributed by atoms with Crippen LogP contribution in [0.15, 0.2) is 16.6 Å². The fourth-order valence-corrected chi connectivity index (χ4v) is 3.01. The molecule has 1 aliphatic carbocycles. The Morgan fingerprint density at radius 2 is 2.00 bits per heavy atom. The average Bonchev–Trinajstić information content (AvgIpc) is 2.73. The van der Waals surface area contributed by atoms with Crippen LogP contribution in [0, 0.1) is 12.7 Å². The van der Waals surface area contributed by atoms with E-state index in [4.69, 9.17) is 5.73 Å². The molecule has 2 N–H and O–H groups in total. The van der Waals surface area contributed by atoms with Gasteiger partial charge in [0, 0.05) is 16.4 Å². The molecule has 0 aliphatic heterocycles. The zero-order chi connectivity index (χ0) is 11.8. The van der Waals surface area contributed by atoms with Crippen molar-refractivity contribution in [3.63, 3.8) is 0 Å². The van der Waals surface area contributed by atoms with Gasteiger partial charge in [-0.25, -0.2) is 4.39 Å². The van der Waals surface area contributed by atoms with Gasteiger partial charge in [-0.1, -0.05) is 34.8 Å². The van der Waals surface area contributed by atoms with Gasteiger partial charge in [0.2, 0.25) is 0 Å². The lowest BCUT2D eigenvalue weighted by Gasteiger charge is -2.28. The Hall–Kier alpha value is -0.410. The summed E-state index contributed by atoms with van der Waals surface area (Å²) in [5.74, 6) is -0.121. The maximum atomic E-state index is 14.0. The fourth-order valence-electron chi connectivity index (χ4n) is 2.70. The highest BCUT2D eigenvalue weighted by atomic mass is 79.9. The van der Waals surface area contributed by atoms with Crippen molar-refractivity contribution in [3.8, 4) is 0 Å². The van der Waals surface area contributed by atoms with Gasteiger partial charge in [-0.3, -0.25) is 0 Å². The fraction of sp³-hybridized carbons (Fsp3) is 0.538. The molecule has 3 heteroatoms. The molecule has 0 atom stereocenters. The Morgan fingerprint density at radius 1 is 1.38 bits per heavy atom. The first-order chi connectivity index (χ1) is 7.59. The van der Waals surface area contributed by atoms with E-state index in [-0.39, 0.29) is 11.2 Å². The third kappa shape index (κ3) is 1.91. The number of halogens is 2. The SMILES string of the molecule is Cc1cc(C2(CN)CCCC2)c(F)cc1Br. The van der Waals surface area contributed by atoms with Gasteiger partial charge < -0.3 is 5.73 Å². The van der Waals surface area contributed by atoms with Crippen molar-refractivity contribution in [3.05, 3.63) is 33.5 Å². The quantitative estimate of drug-likeness (QED) is 0.882. The minimum Gasteiger partial charge on any atom is -0.330 e. The van der Waals surface area contributed by atoms with Crippen molar-refractivity contribution >= 4 is 15.9 Å². The number of nitrogens with two attached hydrogens (primary N) is 1. The van der Waals surface area contributed by atoms with Crippen molar-refractivity contribution in [2.45, 2.75) is 38.0 Å². The Kier molecular flexibility index (Phi) is 3.36. The molecule has 0 radical (unpaired) electrons. The first-order valence-corrected chi connectivity index (χ1v) is 6.54. The van der Waals surface area contributed by atoms with Crippen LogP contribution < -0.4 is 5.73 Å². The molecule has 0 spiro atoms. The van der Waals surface area contributed by atoms with Crippen molar-refractivity contribution in [2.24, 2.45) is 5.73 Å². The summed E-state index contributed by atoms with van der Waals surface area (Å²) in [4.78, 5) is 0. The average molecular weight is 286 g/mol. The van der Waals surface area contributed by atoms with Crippen LogP contribution in [-0.2, 0) is 5.41 Å². The predicted octanol–water partition coefficient (Wildman–Crippen LogP) is 3.67. The van der Waals surface area contributed by atoms with Crippen LogP contribution in [0.2, 0.25) is 0 Å². The molecule has 1 nitrogen and oxygen atoms in total. The zero-order valence-electron chi connectivity index (χ0n) is 9.52. The van der Waals surface area contributed by atoms with E-state index in [2.05, 4.69) is 15.9 Å². The molecule has 88 valence electrons. The zero-order valence-corrected chi connectivity index (χ0v) is 11.1. The first-order valence-electron chi connectivity index (χ1n) is 5.75. The minimum absolute atomic E-state index is 0.116. The first kappa shape index (κ1) is 12.1. The summed E-state index contributed by atoms with van der Waals surface area (Å²) in [7, 11) is 0. The highest BCUT2D eigenvalue weighted by Gasteiger charge is 2.36. The van der Waals surface area contributed by atoms with Crippen LogP contribution in [-0.4, -0.2) is 6.54 Å². The van der Waals surface area contributed by atoms with Crippen LogP contribution in [0.4, 0.5) is 4.39 Å². The number of hydrogen-bond donors (Lipinski definition) is 1. The van der Waals surface area contributed by atoms with Gasteiger partial charge in [-0.15, -0.1) is 0 Å². The summed E-state index contributed by atoms with van der Waals surface area (Å²) in [6, 6.07) is 3.53. The largest absolute Gasteiger partial charge is 0.330 e. The van der Waals surface area contributed by atoms with E-state index < -0.39 is 0 Å². The van der Waals surface area contributed by atoms with Crippen molar-refractivity contribution in [2.75, 3.05) is 6.54 Å². The van der Waals surface area contributed by atoms with Crippen molar-refractivity contribution in [1.29, 1.82) is 0 Å². The molecule has 2 rings (SSSR count). The summed E-state index contributed by atoms with van der Waals surface area (Å²) in [5.41, 5.74) is 7.66. The molecule has 1 saturated carbocycles. The summed E-state index contributed by atoms with van der Waals surface area (Å²) in [6.07, 6.45) is 4.35. The summed E-state index contributed by atoms with van der Waals surface area (Å²) in [6.45, 7) is 2.54. The Labute approximate surface area is 104 Å². The topological polar surface area (TPSA) is 26.0 Å². The molecule has 0 unspecified atom stereocenters. The maximum absolute atomic E-state index is 14.0. The molecule has 16 heavy (non-hydrogen) atoms. The van der Waals surface area contributed by atoms with Gasteiger partial charge in [-0.2, -0.15) is 0 Å². The molecule has 1 fully saturated rings. The number of rotatable bonds is 2. The van der Waals surface area contributed by atoms with Gasteiger partial charge in [-0.05, 0) is 37.0 Å². The maximum Gasteiger partial charge on any atom is 0.128 e. The molecular weight excluding hydrogens is 269 g/mol. The highest BCUT2D eigenvalue weighted by Crippen LogP contribution is 2.42. The van der Waals surface area contributed by atoms with Gasteiger partial charge in [0.25, 0.3) is 0 Å². The second-order valence-corrected chi connectivity index (χ2v) is 5.63. The van der Waals surface area contributed by atoms with E-state index >= 15 is 0 Å². The second kappa shape index (κ2) is 4.46. The van der Waals surface area contributed by atoms with Crippen molar-refractivity contribution < 1.29 is 4.39 Å².